The molecule has 138 valence electrons. The van der Waals surface area contributed by atoms with Gasteiger partial charge in [-0.3, -0.25) is 19.9 Å². The maximum Gasteiger partial charge on any atom is 0.271 e. The fourth-order valence-electron chi connectivity index (χ4n) is 2.35. The van der Waals surface area contributed by atoms with Crippen molar-refractivity contribution in [3.63, 3.8) is 0 Å². The molecule has 8 nitrogen and oxygen atoms in total. The predicted octanol–water partition coefficient (Wildman–Crippen LogP) is 2.90. The number of pyridine rings is 1. The summed E-state index contributed by atoms with van der Waals surface area (Å²) in [6, 6.07) is 11.3. The van der Waals surface area contributed by atoms with Gasteiger partial charge < -0.3 is 10.2 Å². The zero-order chi connectivity index (χ0) is 19.6. The number of hydrogen-bond acceptors (Lipinski definition) is 6. The number of carbonyl (C=O) groups is 1. The molecule has 8 heteroatoms. The van der Waals surface area contributed by atoms with E-state index in [1.54, 1.807) is 12.4 Å². The second-order valence-corrected chi connectivity index (χ2v) is 5.65. The lowest BCUT2D eigenvalue weighted by atomic mass is 10.2. The van der Waals surface area contributed by atoms with Crippen LogP contribution in [0.5, 0.6) is 0 Å². The van der Waals surface area contributed by atoms with Crippen LogP contribution in [0.25, 0.3) is 0 Å². The van der Waals surface area contributed by atoms with Crippen LogP contribution < -0.4 is 5.32 Å². The molecule has 0 unspecified atom stereocenters. The fraction of sp³-hybridized carbons (Fsp3) is 0.211. The summed E-state index contributed by atoms with van der Waals surface area (Å²) in [5.41, 5.74) is 1.16. The zero-order valence-electron chi connectivity index (χ0n) is 14.8. The van der Waals surface area contributed by atoms with Crippen molar-refractivity contribution in [2.24, 2.45) is 0 Å². The summed E-state index contributed by atoms with van der Waals surface area (Å²) < 4.78 is 0. The number of amides is 1. The predicted molar refractivity (Wildman–Crippen MR) is 101 cm³/mol. The Hall–Kier alpha value is -3.73. The Morgan fingerprint density at radius 3 is 2.74 bits per heavy atom. The summed E-state index contributed by atoms with van der Waals surface area (Å²) in [7, 11) is 0. The Morgan fingerprint density at radius 1 is 1.37 bits per heavy atom. The number of nitrogens with one attached hydrogen (secondary N) is 1. The van der Waals surface area contributed by atoms with E-state index in [0.717, 1.165) is 12.0 Å². The van der Waals surface area contributed by atoms with Crippen LogP contribution >= 0.6 is 0 Å². The number of aromatic nitrogens is 1. The fourth-order valence-corrected chi connectivity index (χ4v) is 2.35. The van der Waals surface area contributed by atoms with Crippen LogP contribution in [0.4, 0.5) is 11.4 Å². The topological polar surface area (TPSA) is 112 Å². The van der Waals surface area contributed by atoms with Crippen molar-refractivity contribution in [1.29, 1.82) is 5.26 Å². The van der Waals surface area contributed by atoms with Crippen LogP contribution in [-0.2, 0) is 11.2 Å². The lowest BCUT2D eigenvalue weighted by Crippen LogP contribution is -2.23. The number of anilines is 1. The normalized spacial score (nSPS) is 10.7. The Labute approximate surface area is 156 Å². The molecule has 0 aliphatic rings. The van der Waals surface area contributed by atoms with E-state index >= 15 is 0 Å². The highest BCUT2D eigenvalue weighted by Crippen LogP contribution is 2.17. The number of non-ortho nitro benzene ring substituents is 1. The molecule has 1 aromatic heterocycles. The molecule has 0 atom stereocenters. The molecule has 1 amide bonds. The van der Waals surface area contributed by atoms with Crippen LogP contribution in [0.15, 0.2) is 60.6 Å². The third-order valence-corrected chi connectivity index (χ3v) is 3.83. The van der Waals surface area contributed by atoms with Crippen LogP contribution in [0.3, 0.4) is 0 Å². The minimum absolute atomic E-state index is 0.0712. The lowest BCUT2D eigenvalue weighted by Gasteiger charge is -2.18. The minimum Gasteiger partial charge on any atom is -0.376 e. The first kappa shape index (κ1) is 19.6. The van der Waals surface area contributed by atoms with Gasteiger partial charge in [0.05, 0.1) is 4.92 Å². The maximum atomic E-state index is 12.3. The minimum atomic E-state index is -0.611. The van der Waals surface area contributed by atoms with Crippen molar-refractivity contribution in [2.75, 3.05) is 18.4 Å². The first-order chi connectivity index (χ1) is 13.0. The average molecular weight is 365 g/mol. The van der Waals surface area contributed by atoms with E-state index in [4.69, 9.17) is 0 Å². The van der Waals surface area contributed by atoms with E-state index in [1.807, 2.05) is 30.0 Å². The van der Waals surface area contributed by atoms with Crippen LogP contribution in [0.2, 0.25) is 0 Å². The quantitative estimate of drug-likeness (QED) is 0.333. The first-order valence-corrected chi connectivity index (χ1v) is 8.34. The molecular weight excluding hydrogens is 346 g/mol. The summed E-state index contributed by atoms with van der Waals surface area (Å²) >= 11 is 0. The molecule has 0 aliphatic carbocycles. The maximum absolute atomic E-state index is 12.3. The molecule has 1 N–H and O–H groups in total. The van der Waals surface area contributed by atoms with E-state index in [2.05, 4.69) is 10.3 Å². The molecule has 0 aliphatic heterocycles. The summed E-state index contributed by atoms with van der Waals surface area (Å²) in [6.45, 7) is 3.19. The molecule has 0 saturated heterocycles. The molecule has 0 bridgehead atoms. The van der Waals surface area contributed by atoms with Gasteiger partial charge in [0.25, 0.3) is 11.6 Å². The first-order valence-electron chi connectivity index (χ1n) is 8.34. The molecule has 2 rings (SSSR count). The van der Waals surface area contributed by atoms with Gasteiger partial charge in [-0.2, -0.15) is 5.26 Å². The highest BCUT2D eigenvalue weighted by atomic mass is 16.6. The van der Waals surface area contributed by atoms with Gasteiger partial charge >= 0.3 is 0 Å². The Kier molecular flexibility index (Phi) is 7.02. The number of likely N-dealkylation sites (N-methyl/N-ethyl adjacent to an activating group) is 1. The summed E-state index contributed by atoms with van der Waals surface area (Å²) in [5, 5.41) is 22.7. The Morgan fingerprint density at radius 2 is 2.11 bits per heavy atom. The van der Waals surface area contributed by atoms with Gasteiger partial charge in [0.15, 0.2) is 0 Å². The van der Waals surface area contributed by atoms with Gasteiger partial charge in [-0.05, 0) is 37.1 Å². The molecule has 2 aromatic rings. The molecule has 0 radical (unpaired) electrons. The standard InChI is InChI=1S/C19H19N5O3/c1-2-23(11-8-15-6-9-21-10-7-15)14-16(13-20)19(25)22-17-4-3-5-18(12-17)24(26)27/h3-7,9-10,12,14H,2,8,11H2,1H3,(H,22,25)/b16-14-. The number of benzene rings is 1. The van der Waals surface area contributed by atoms with Crippen LogP contribution in [0.1, 0.15) is 12.5 Å². The van der Waals surface area contributed by atoms with Crippen molar-refractivity contribution in [3.05, 3.63) is 76.2 Å². The number of nitro groups is 1. The Balaban J connectivity index is 2.06. The number of rotatable bonds is 8. The molecule has 27 heavy (non-hydrogen) atoms. The molecule has 1 heterocycles. The van der Waals surface area contributed by atoms with Gasteiger partial charge in [-0.15, -0.1) is 0 Å². The summed E-state index contributed by atoms with van der Waals surface area (Å²) in [4.78, 5) is 28.5. The summed E-state index contributed by atoms with van der Waals surface area (Å²) in [6.07, 6.45) is 5.69. The van der Waals surface area contributed by atoms with Gasteiger partial charge in [0.2, 0.25) is 0 Å². The Bertz CT molecular complexity index is 874. The van der Waals surface area contributed by atoms with Crippen LogP contribution in [-0.4, -0.2) is 33.8 Å². The van der Waals surface area contributed by atoms with Crippen molar-refractivity contribution in [3.8, 4) is 6.07 Å². The molecular formula is C19H19N5O3. The average Bonchev–Trinajstić information content (AvgIpc) is 2.69. The molecule has 1 aromatic carbocycles. The van der Waals surface area contributed by atoms with E-state index in [1.165, 1.54) is 30.5 Å². The molecule has 0 saturated carbocycles. The van der Waals surface area contributed by atoms with Gasteiger partial charge in [0.1, 0.15) is 11.6 Å². The van der Waals surface area contributed by atoms with E-state index in [0.29, 0.717) is 13.1 Å². The number of nitrogens with zero attached hydrogens (tertiary/aromatic N) is 4. The second-order valence-electron chi connectivity index (χ2n) is 5.65. The number of nitro benzene ring substituents is 1. The smallest absolute Gasteiger partial charge is 0.271 e. The zero-order valence-corrected chi connectivity index (χ0v) is 14.8. The van der Waals surface area contributed by atoms with E-state index < -0.39 is 10.8 Å². The van der Waals surface area contributed by atoms with Gasteiger partial charge in [0, 0.05) is 49.5 Å². The lowest BCUT2D eigenvalue weighted by molar-refractivity contribution is -0.384. The van der Waals surface area contributed by atoms with Crippen molar-refractivity contribution < 1.29 is 9.72 Å². The second kappa shape index (κ2) is 9.68. The monoisotopic (exact) mass is 365 g/mol. The SMILES string of the molecule is CCN(/C=C(/C#N)C(=O)Nc1cccc([N+](=O)[O-])c1)CCc1ccncc1. The highest BCUT2D eigenvalue weighted by molar-refractivity contribution is 6.06. The van der Waals surface area contributed by atoms with Crippen molar-refractivity contribution >= 4 is 17.3 Å². The van der Waals surface area contributed by atoms with Gasteiger partial charge in [-0.25, -0.2) is 0 Å². The molecule has 0 spiro atoms. The van der Waals surface area contributed by atoms with E-state index in [-0.39, 0.29) is 16.9 Å². The molecule has 0 fully saturated rings. The summed E-state index contributed by atoms with van der Waals surface area (Å²) in [5.74, 6) is -0.611. The number of nitriles is 1. The third-order valence-electron chi connectivity index (χ3n) is 3.83. The van der Waals surface area contributed by atoms with Gasteiger partial charge in [-0.1, -0.05) is 6.07 Å². The highest BCUT2D eigenvalue weighted by Gasteiger charge is 2.13. The van der Waals surface area contributed by atoms with Crippen LogP contribution in [0, 0.1) is 21.4 Å². The third kappa shape index (κ3) is 5.93. The van der Waals surface area contributed by atoms with Crippen molar-refractivity contribution in [1.82, 2.24) is 9.88 Å². The largest absolute Gasteiger partial charge is 0.376 e. The van der Waals surface area contributed by atoms with E-state index in [9.17, 15) is 20.2 Å². The number of hydrogen-bond donors (Lipinski definition) is 1. The van der Waals surface area contributed by atoms with Crippen molar-refractivity contribution in [2.45, 2.75) is 13.3 Å². The number of carbonyl (C=O) groups excluding carboxylic acids is 1.